The highest BCUT2D eigenvalue weighted by Crippen LogP contribution is 2.24. The second-order valence-corrected chi connectivity index (χ2v) is 3.98. The van der Waals surface area contributed by atoms with E-state index in [4.69, 9.17) is 4.74 Å². The predicted molar refractivity (Wildman–Crippen MR) is 62.4 cm³/mol. The lowest BCUT2D eigenvalue weighted by Crippen LogP contribution is -2.31. The van der Waals surface area contributed by atoms with Crippen molar-refractivity contribution in [2.45, 2.75) is 39.1 Å². The molecule has 1 rings (SSSR count). The largest absolute Gasteiger partial charge is 0.465 e. The first kappa shape index (κ1) is 14.8. The number of pyridine rings is 1. The van der Waals surface area contributed by atoms with Gasteiger partial charge in [-0.25, -0.2) is 4.98 Å². The number of hydrogen-bond donors (Lipinski definition) is 1. The van der Waals surface area contributed by atoms with Gasteiger partial charge in [0, 0.05) is 18.8 Å². The van der Waals surface area contributed by atoms with Crippen molar-refractivity contribution < 1.29 is 17.9 Å². The summed E-state index contributed by atoms with van der Waals surface area (Å²) in [5, 5.41) is 3.16. The summed E-state index contributed by atoms with van der Waals surface area (Å²) in [6.07, 6.45) is -3.79. The number of ether oxygens (including phenoxy) is 1. The minimum atomic E-state index is -4.38. The molecule has 1 aromatic heterocycles. The van der Waals surface area contributed by atoms with E-state index in [-0.39, 0.29) is 5.88 Å². The van der Waals surface area contributed by atoms with Gasteiger partial charge in [-0.15, -0.1) is 0 Å². The molecule has 0 saturated carbocycles. The van der Waals surface area contributed by atoms with Gasteiger partial charge in [-0.1, -0.05) is 6.92 Å². The molecule has 0 saturated heterocycles. The lowest BCUT2D eigenvalue weighted by molar-refractivity contribution is -0.190. The van der Waals surface area contributed by atoms with E-state index in [1.807, 2.05) is 6.92 Å². The molecular weight excluding hydrogens is 245 g/mol. The average Bonchev–Trinajstić information content (AvgIpc) is 2.28. The summed E-state index contributed by atoms with van der Waals surface area (Å²) in [5.74, 6) is -0.00405. The lowest BCUT2D eigenvalue weighted by atomic mass is 10.2. The van der Waals surface area contributed by atoms with Gasteiger partial charge in [-0.05, 0) is 31.5 Å². The fourth-order valence-electron chi connectivity index (χ4n) is 1.28. The van der Waals surface area contributed by atoms with E-state index in [9.17, 15) is 13.2 Å². The van der Waals surface area contributed by atoms with Crippen LogP contribution < -0.4 is 10.1 Å². The Labute approximate surface area is 104 Å². The lowest BCUT2D eigenvalue weighted by Gasteiger charge is -2.17. The molecule has 1 atom stereocenters. The highest BCUT2D eigenvalue weighted by Gasteiger charge is 2.38. The fourth-order valence-corrected chi connectivity index (χ4v) is 1.28. The molecule has 0 aromatic carbocycles. The quantitative estimate of drug-likeness (QED) is 0.800. The van der Waals surface area contributed by atoms with Crippen LogP contribution >= 0.6 is 0 Å². The van der Waals surface area contributed by atoms with E-state index in [1.54, 1.807) is 6.07 Å². The molecule has 18 heavy (non-hydrogen) atoms. The third-order valence-electron chi connectivity index (χ3n) is 2.31. The molecule has 102 valence electrons. The van der Waals surface area contributed by atoms with E-state index < -0.39 is 12.3 Å². The minimum Gasteiger partial charge on any atom is -0.465 e. The molecule has 1 N–H and O–H groups in total. The van der Waals surface area contributed by atoms with Crippen LogP contribution in [0.2, 0.25) is 0 Å². The maximum atomic E-state index is 12.3. The van der Waals surface area contributed by atoms with E-state index in [2.05, 4.69) is 10.3 Å². The predicted octanol–water partition coefficient (Wildman–Crippen LogP) is 2.91. The highest BCUT2D eigenvalue weighted by molar-refractivity contribution is 5.20. The number of rotatable bonds is 6. The van der Waals surface area contributed by atoms with Gasteiger partial charge in [0.25, 0.3) is 0 Å². The first-order valence-corrected chi connectivity index (χ1v) is 5.82. The molecule has 6 heteroatoms. The number of nitrogens with zero attached hydrogens (tertiary/aromatic N) is 1. The van der Waals surface area contributed by atoms with Crippen LogP contribution in [0.25, 0.3) is 0 Å². The summed E-state index contributed by atoms with van der Waals surface area (Å²) < 4.78 is 41.7. The van der Waals surface area contributed by atoms with Gasteiger partial charge in [0.15, 0.2) is 6.10 Å². The van der Waals surface area contributed by atoms with Crippen molar-refractivity contribution >= 4 is 0 Å². The summed E-state index contributed by atoms with van der Waals surface area (Å²) >= 11 is 0. The molecule has 0 radical (unpaired) electrons. The van der Waals surface area contributed by atoms with Crippen LogP contribution in [0.5, 0.6) is 5.88 Å². The van der Waals surface area contributed by atoms with Crippen molar-refractivity contribution in [2.24, 2.45) is 0 Å². The number of aromatic nitrogens is 1. The molecule has 0 amide bonds. The van der Waals surface area contributed by atoms with E-state index in [1.165, 1.54) is 12.3 Å². The second-order valence-electron chi connectivity index (χ2n) is 3.98. The summed E-state index contributed by atoms with van der Waals surface area (Å²) in [6.45, 7) is 4.45. The third kappa shape index (κ3) is 4.91. The first-order valence-electron chi connectivity index (χ1n) is 5.82. The van der Waals surface area contributed by atoms with E-state index >= 15 is 0 Å². The Balaban J connectivity index is 2.59. The third-order valence-corrected chi connectivity index (χ3v) is 2.31. The van der Waals surface area contributed by atoms with Crippen LogP contribution in [0, 0.1) is 0 Å². The van der Waals surface area contributed by atoms with Gasteiger partial charge in [0.1, 0.15) is 0 Å². The average molecular weight is 262 g/mol. The number of nitrogens with one attached hydrogen (secondary N) is 1. The Morgan fingerprint density at radius 2 is 2.17 bits per heavy atom. The Morgan fingerprint density at radius 1 is 1.44 bits per heavy atom. The SMILES string of the molecule is CCCNCc1ccnc(OC(C)C(F)(F)F)c1. The van der Waals surface area contributed by atoms with Crippen LogP contribution in [-0.2, 0) is 6.54 Å². The number of hydrogen-bond acceptors (Lipinski definition) is 3. The maximum absolute atomic E-state index is 12.3. The Kier molecular flexibility index (Phi) is 5.40. The normalized spacial score (nSPS) is 13.4. The summed E-state index contributed by atoms with van der Waals surface area (Å²) in [6, 6.07) is 3.26. The summed E-state index contributed by atoms with van der Waals surface area (Å²) in [5.41, 5.74) is 0.850. The second kappa shape index (κ2) is 6.58. The molecule has 1 heterocycles. The standard InChI is InChI=1S/C12H17F3N2O/c1-3-5-16-8-10-4-6-17-11(7-10)18-9(2)12(13,14)15/h4,6-7,9,16H,3,5,8H2,1-2H3. The zero-order valence-corrected chi connectivity index (χ0v) is 10.4. The van der Waals surface area contributed by atoms with Crippen LogP contribution in [0.3, 0.4) is 0 Å². The van der Waals surface area contributed by atoms with Crippen molar-refractivity contribution in [3.63, 3.8) is 0 Å². The van der Waals surface area contributed by atoms with Crippen LogP contribution in [0.1, 0.15) is 25.8 Å². The molecule has 0 spiro atoms. The fraction of sp³-hybridized carbons (Fsp3) is 0.583. The highest BCUT2D eigenvalue weighted by atomic mass is 19.4. The first-order chi connectivity index (χ1) is 8.43. The number of alkyl halides is 3. The van der Waals surface area contributed by atoms with Gasteiger partial charge in [-0.2, -0.15) is 13.2 Å². The number of halogens is 3. The molecule has 3 nitrogen and oxygen atoms in total. The van der Waals surface area contributed by atoms with E-state index in [0.717, 1.165) is 25.5 Å². The zero-order valence-electron chi connectivity index (χ0n) is 10.4. The summed E-state index contributed by atoms with van der Waals surface area (Å²) in [7, 11) is 0. The van der Waals surface area contributed by atoms with Crippen molar-refractivity contribution in [3.05, 3.63) is 23.9 Å². The van der Waals surface area contributed by atoms with Gasteiger partial charge in [0.2, 0.25) is 5.88 Å². The molecule has 0 aliphatic carbocycles. The van der Waals surface area contributed by atoms with Gasteiger partial charge in [-0.3, -0.25) is 0 Å². The molecule has 0 aliphatic heterocycles. The van der Waals surface area contributed by atoms with Gasteiger partial charge >= 0.3 is 6.18 Å². The van der Waals surface area contributed by atoms with Gasteiger partial charge < -0.3 is 10.1 Å². The van der Waals surface area contributed by atoms with Crippen LogP contribution in [-0.4, -0.2) is 23.8 Å². The van der Waals surface area contributed by atoms with Crippen molar-refractivity contribution in [3.8, 4) is 5.88 Å². The molecular formula is C12H17F3N2O. The van der Waals surface area contributed by atoms with Crippen molar-refractivity contribution in [2.75, 3.05) is 6.54 Å². The Hall–Kier alpha value is -1.30. The summed E-state index contributed by atoms with van der Waals surface area (Å²) in [4.78, 5) is 3.77. The smallest absolute Gasteiger partial charge is 0.425 e. The Morgan fingerprint density at radius 3 is 2.78 bits per heavy atom. The van der Waals surface area contributed by atoms with E-state index in [0.29, 0.717) is 6.54 Å². The van der Waals surface area contributed by atoms with Crippen LogP contribution in [0.4, 0.5) is 13.2 Å². The van der Waals surface area contributed by atoms with Crippen LogP contribution in [0.15, 0.2) is 18.3 Å². The molecule has 0 aliphatic rings. The monoisotopic (exact) mass is 262 g/mol. The maximum Gasteiger partial charge on any atom is 0.425 e. The minimum absolute atomic E-state index is 0.00405. The molecule has 0 bridgehead atoms. The van der Waals surface area contributed by atoms with Gasteiger partial charge in [0.05, 0.1) is 0 Å². The van der Waals surface area contributed by atoms with Crippen molar-refractivity contribution in [1.82, 2.24) is 10.3 Å². The molecule has 1 aromatic rings. The molecule has 0 fully saturated rings. The van der Waals surface area contributed by atoms with Crippen molar-refractivity contribution in [1.29, 1.82) is 0 Å². The zero-order chi connectivity index (χ0) is 13.6. The Bertz CT molecular complexity index is 369. The topological polar surface area (TPSA) is 34.2 Å². The molecule has 1 unspecified atom stereocenters.